The molecular weight excluding hydrogens is 1130 g/mol. The highest BCUT2D eigenvalue weighted by Gasteiger charge is 3.08. The maximum absolute atomic E-state index is 14.0. The van der Waals surface area contributed by atoms with Crippen LogP contribution in [-0.4, -0.2) is 216 Å². The molecule has 430 valence electrons. The number of halogens is 31. The minimum Gasteiger partial charge on any atom is -0.383 e. The Morgan fingerprint density at radius 3 is 1.01 bits per heavy atom. The molecule has 14 atom stereocenters. The van der Waals surface area contributed by atoms with E-state index in [-0.39, 0.29) is 9.41 Å². The average molecular weight is 1150 g/mol. The summed E-state index contributed by atoms with van der Waals surface area (Å²) in [6, 6.07) is 0. The summed E-state index contributed by atoms with van der Waals surface area (Å²) in [5.41, 5.74) is -50.5. The normalized spacial score (nSPS) is 51.5. The monoisotopic (exact) mass is 1150 g/mol. The van der Waals surface area contributed by atoms with Crippen LogP contribution >= 0.6 is 0 Å². The Hall–Kier alpha value is -2.61. The van der Waals surface area contributed by atoms with E-state index in [0.717, 1.165) is 0 Å². The fourth-order valence-corrected chi connectivity index (χ4v) is 9.07. The lowest BCUT2D eigenvalue weighted by molar-refractivity contribution is -0.561. The molecule has 11 nitrogen and oxygen atoms in total. The molecule has 0 amide bonds. The van der Waals surface area contributed by atoms with Crippen molar-refractivity contribution in [1.82, 2.24) is 0 Å². The highest BCUT2D eigenvalue weighted by Crippen LogP contribution is 2.76. The Bertz CT molecular complexity index is 2100. The zero-order valence-corrected chi connectivity index (χ0v) is 33.1. The van der Waals surface area contributed by atoms with Gasteiger partial charge in [0.1, 0.15) is 25.6 Å². The molecular formula is C30H27F31O11. The van der Waals surface area contributed by atoms with E-state index in [1.807, 2.05) is 0 Å². The third-order valence-electron chi connectivity index (χ3n) is 13.5. The smallest absolute Gasteiger partial charge is 0.352 e. The van der Waals surface area contributed by atoms with Crippen LogP contribution in [0.1, 0.15) is 19.3 Å². The third-order valence-corrected chi connectivity index (χ3v) is 13.5. The molecule has 42 heteroatoms. The van der Waals surface area contributed by atoms with Crippen LogP contribution in [0.2, 0.25) is 0 Å². The van der Waals surface area contributed by atoms with E-state index < -0.39 is 179 Å². The van der Waals surface area contributed by atoms with Gasteiger partial charge in [-0.15, -0.1) is 0 Å². The Morgan fingerprint density at radius 2 is 0.653 bits per heavy atom. The standard InChI is InChI=1S/C10H7F11O4.C10H9F9O4.C10H9F9O3.2FH/c11-1-3(22)2(12)4(23)7(15,16)5(24,6(3,13)14)9(19,20)10(21,25)8(4,17)18;11-2-4(20)3(12)7(23)9(16,17)5(21,8(4,14)15)1-6(13,22)10(7,18)19;11-3-4(12)1-5(20)2-6(13,21)10(18,19)7(22,8(4,14)15)9(5,16)17;;/h2,22-25H,1H2;3,20-23H,1-2H2;20-22H,1-3H2;2*1H. The van der Waals surface area contributed by atoms with Crippen molar-refractivity contribution in [3.63, 3.8) is 0 Å². The molecule has 0 heterocycles. The molecule has 6 aliphatic carbocycles. The van der Waals surface area contributed by atoms with E-state index >= 15 is 0 Å². The van der Waals surface area contributed by atoms with Crippen LogP contribution in [0.25, 0.3) is 0 Å². The quantitative estimate of drug-likeness (QED) is 0.185. The van der Waals surface area contributed by atoms with Crippen LogP contribution in [0, 0.1) is 0 Å². The van der Waals surface area contributed by atoms with E-state index in [9.17, 15) is 158 Å². The van der Waals surface area contributed by atoms with Crippen molar-refractivity contribution < 1.29 is 193 Å². The maximum Gasteiger partial charge on any atom is 0.352 e. The number of alkyl halides is 29. The molecule has 0 spiro atoms. The Morgan fingerprint density at radius 1 is 0.319 bits per heavy atom. The highest BCUT2D eigenvalue weighted by atomic mass is 19.3. The largest absolute Gasteiger partial charge is 0.383 e. The first-order valence-electron chi connectivity index (χ1n) is 17.6. The fraction of sp³-hybridized carbons (Fsp3) is 1.00. The van der Waals surface area contributed by atoms with Gasteiger partial charge >= 0.3 is 65.1 Å². The van der Waals surface area contributed by atoms with Crippen LogP contribution in [0.5, 0.6) is 0 Å². The van der Waals surface area contributed by atoms with Crippen LogP contribution in [-0.2, 0) is 0 Å². The second-order valence-corrected chi connectivity index (χ2v) is 17.2. The van der Waals surface area contributed by atoms with Crippen molar-refractivity contribution in [2.45, 2.75) is 159 Å². The summed E-state index contributed by atoms with van der Waals surface area (Å²) in [5.74, 6) is -82.2. The third kappa shape index (κ3) is 5.69. The highest BCUT2D eigenvalue weighted by molar-refractivity contribution is 5.41. The molecule has 0 aliphatic heterocycles. The van der Waals surface area contributed by atoms with Crippen molar-refractivity contribution in [2.75, 3.05) is 20.0 Å². The minimum absolute atomic E-state index is 0. The molecule has 6 saturated carbocycles. The van der Waals surface area contributed by atoms with Crippen LogP contribution < -0.4 is 0 Å². The predicted octanol–water partition coefficient (Wildman–Crippen LogP) is 2.99. The van der Waals surface area contributed by atoms with Crippen molar-refractivity contribution in [3.8, 4) is 0 Å². The predicted molar refractivity (Wildman–Crippen MR) is 158 cm³/mol. The molecule has 6 fully saturated rings. The zero-order chi connectivity index (χ0) is 56.4. The van der Waals surface area contributed by atoms with Crippen molar-refractivity contribution >= 4 is 0 Å². The lowest BCUT2D eigenvalue weighted by Crippen LogP contribution is -3.00. The van der Waals surface area contributed by atoms with E-state index in [4.69, 9.17) is 25.5 Å². The second kappa shape index (κ2) is 15.5. The molecule has 0 aromatic heterocycles. The summed E-state index contributed by atoms with van der Waals surface area (Å²) in [5, 5.41) is 100. The van der Waals surface area contributed by atoms with Crippen molar-refractivity contribution in [1.29, 1.82) is 0 Å². The molecule has 0 aromatic rings. The van der Waals surface area contributed by atoms with Crippen LogP contribution in [0.15, 0.2) is 0 Å². The van der Waals surface area contributed by atoms with Gasteiger partial charge in [0.2, 0.25) is 22.5 Å². The van der Waals surface area contributed by atoms with Gasteiger partial charge in [-0.25, -0.2) is 35.1 Å². The first-order chi connectivity index (χ1) is 30.1. The number of rotatable bonds is 3. The average Bonchev–Trinajstić information content (AvgIpc) is 3.20. The SMILES string of the molecule is F.F.OC1(CF)C(F)C2(O)C(F)(F)C(O)(F)C(F)(F)C(O)(C1(F)F)C2(F)F.OC1(F)CC2(O)C(F)(F)C(O)(CF)C(F)C(O)(C1(F)F)C2(F)F.OC1(F)CC2(O)CC(F)(CF)C(F)(F)C(O)(C1(F)F)C2(F)F. The van der Waals surface area contributed by atoms with E-state index in [1.165, 1.54) is 0 Å². The van der Waals surface area contributed by atoms with E-state index in [1.54, 1.807) is 0 Å². The van der Waals surface area contributed by atoms with Crippen molar-refractivity contribution in [3.05, 3.63) is 0 Å². The van der Waals surface area contributed by atoms with Gasteiger partial charge in [0.15, 0.2) is 23.5 Å². The summed E-state index contributed by atoms with van der Waals surface area (Å²) in [6.45, 7) is -9.14. The van der Waals surface area contributed by atoms with Gasteiger partial charge in [-0.2, -0.15) is 92.2 Å². The molecule has 0 saturated heterocycles. The summed E-state index contributed by atoms with van der Waals surface area (Å²) in [4.78, 5) is 0. The lowest BCUT2D eigenvalue weighted by Gasteiger charge is -2.66. The van der Waals surface area contributed by atoms with Crippen molar-refractivity contribution in [2.24, 2.45) is 0 Å². The van der Waals surface area contributed by atoms with Crippen LogP contribution in [0.4, 0.5) is 137 Å². The Kier molecular flexibility index (Phi) is 14.1. The molecule has 6 rings (SSSR count). The maximum atomic E-state index is 14.0. The number of fused-ring (bicyclic) bond motifs is 6. The van der Waals surface area contributed by atoms with Gasteiger partial charge in [0.25, 0.3) is 22.9 Å². The lowest BCUT2D eigenvalue weighted by atomic mass is 9.51. The van der Waals surface area contributed by atoms with Crippen LogP contribution in [0.3, 0.4) is 0 Å². The van der Waals surface area contributed by atoms with Gasteiger partial charge < -0.3 is 56.2 Å². The number of hydrogen-bond acceptors (Lipinski definition) is 11. The topological polar surface area (TPSA) is 223 Å². The summed E-state index contributed by atoms with van der Waals surface area (Å²) in [6.07, 6.45) is -18.4. The second-order valence-electron chi connectivity index (χ2n) is 17.2. The first kappa shape index (κ1) is 65.5. The Balaban J connectivity index is 0.000000366. The van der Waals surface area contributed by atoms with E-state index in [2.05, 4.69) is 0 Å². The fourth-order valence-electron chi connectivity index (χ4n) is 9.07. The molecule has 14 unspecified atom stereocenters. The summed E-state index contributed by atoms with van der Waals surface area (Å²) in [7, 11) is 0. The van der Waals surface area contributed by atoms with Gasteiger partial charge in [0, 0.05) is 12.8 Å². The summed E-state index contributed by atoms with van der Waals surface area (Å²) >= 11 is 0. The van der Waals surface area contributed by atoms with Gasteiger partial charge in [-0.3, -0.25) is 9.41 Å². The van der Waals surface area contributed by atoms with Gasteiger partial charge in [0.05, 0.1) is 6.42 Å². The molecule has 0 radical (unpaired) electrons. The zero-order valence-electron chi connectivity index (χ0n) is 33.1. The molecule has 72 heavy (non-hydrogen) atoms. The van der Waals surface area contributed by atoms with E-state index in [0.29, 0.717) is 0 Å². The Labute approximate surface area is 372 Å². The number of aliphatic hydroxyl groups is 11. The number of hydrogen-bond donors (Lipinski definition) is 11. The molecule has 0 aromatic carbocycles. The molecule has 11 N–H and O–H groups in total. The first-order valence-corrected chi connectivity index (χ1v) is 17.6. The molecule has 6 bridgehead atoms. The minimum atomic E-state index is -7.23. The van der Waals surface area contributed by atoms with Gasteiger partial charge in [-0.1, -0.05) is 0 Å². The summed E-state index contributed by atoms with van der Waals surface area (Å²) < 4.78 is 397. The molecule has 6 aliphatic rings. The van der Waals surface area contributed by atoms with Gasteiger partial charge in [-0.05, 0) is 0 Å².